The van der Waals surface area contributed by atoms with Crippen molar-refractivity contribution >= 4 is 17.5 Å². The SMILES string of the molecule is CCCCN(C)c1nccc(C(=O)Nc2ccc(OCC)cc2)n1. The van der Waals surface area contributed by atoms with Crippen LogP contribution in [0.15, 0.2) is 36.5 Å². The van der Waals surface area contributed by atoms with Gasteiger partial charge in [0.15, 0.2) is 0 Å². The molecule has 0 aliphatic rings. The molecule has 0 bridgehead atoms. The Morgan fingerprint density at radius 1 is 1.21 bits per heavy atom. The molecule has 0 aliphatic heterocycles. The van der Waals surface area contributed by atoms with Gasteiger partial charge in [-0.25, -0.2) is 9.97 Å². The Labute approximate surface area is 142 Å². The molecule has 0 spiro atoms. The highest BCUT2D eigenvalue weighted by Crippen LogP contribution is 2.16. The van der Waals surface area contributed by atoms with Gasteiger partial charge >= 0.3 is 0 Å². The van der Waals surface area contributed by atoms with Gasteiger partial charge in [-0.05, 0) is 43.7 Å². The number of aromatic nitrogens is 2. The van der Waals surface area contributed by atoms with Gasteiger partial charge in [-0.15, -0.1) is 0 Å². The van der Waals surface area contributed by atoms with Crippen LogP contribution < -0.4 is 15.0 Å². The summed E-state index contributed by atoms with van der Waals surface area (Å²) in [5, 5.41) is 2.83. The fraction of sp³-hybridized carbons (Fsp3) is 0.389. The second-order valence-electron chi connectivity index (χ2n) is 5.43. The van der Waals surface area contributed by atoms with Crippen molar-refractivity contribution < 1.29 is 9.53 Å². The van der Waals surface area contributed by atoms with Crippen LogP contribution in [-0.4, -0.2) is 36.1 Å². The van der Waals surface area contributed by atoms with Crippen molar-refractivity contribution in [1.29, 1.82) is 0 Å². The number of carbonyl (C=O) groups excluding carboxylic acids is 1. The number of carbonyl (C=O) groups is 1. The largest absolute Gasteiger partial charge is 0.494 e. The first kappa shape index (κ1) is 17.7. The van der Waals surface area contributed by atoms with Crippen molar-refractivity contribution in [1.82, 2.24) is 9.97 Å². The van der Waals surface area contributed by atoms with Crippen LogP contribution in [-0.2, 0) is 0 Å². The second kappa shape index (κ2) is 8.86. The third kappa shape index (κ3) is 4.94. The summed E-state index contributed by atoms with van der Waals surface area (Å²) in [5.41, 5.74) is 1.04. The predicted molar refractivity (Wildman–Crippen MR) is 95.8 cm³/mol. The number of hydrogen-bond donors (Lipinski definition) is 1. The standard InChI is InChI=1S/C18H24N4O2/c1-4-6-13-22(3)18-19-12-11-16(21-18)17(23)20-14-7-9-15(10-8-14)24-5-2/h7-12H,4-6,13H2,1-3H3,(H,20,23). The normalized spacial score (nSPS) is 10.3. The van der Waals surface area contributed by atoms with E-state index in [0.29, 0.717) is 23.9 Å². The molecule has 2 rings (SSSR count). The number of hydrogen-bond acceptors (Lipinski definition) is 5. The lowest BCUT2D eigenvalue weighted by Gasteiger charge is -2.16. The van der Waals surface area contributed by atoms with E-state index in [-0.39, 0.29) is 5.91 Å². The van der Waals surface area contributed by atoms with Gasteiger partial charge in [0.1, 0.15) is 11.4 Å². The van der Waals surface area contributed by atoms with Crippen LogP contribution in [0.2, 0.25) is 0 Å². The zero-order valence-electron chi connectivity index (χ0n) is 14.5. The number of anilines is 2. The van der Waals surface area contributed by atoms with Crippen LogP contribution in [0.5, 0.6) is 5.75 Å². The number of unbranched alkanes of at least 4 members (excludes halogenated alkanes) is 1. The van der Waals surface area contributed by atoms with E-state index < -0.39 is 0 Å². The van der Waals surface area contributed by atoms with E-state index in [1.807, 2.05) is 31.0 Å². The van der Waals surface area contributed by atoms with Gasteiger partial charge in [0.25, 0.3) is 5.91 Å². The highest BCUT2D eigenvalue weighted by atomic mass is 16.5. The summed E-state index contributed by atoms with van der Waals surface area (Å²) in [7, 11) is 1.93. The Morgan fingerprint density at radius 3 is 2.62 bits per heavy atom. The molecular formula is C18H24N4O2. The maximum atomic E-state index is 12.4. The van der Waals surface area contributed by atoms with Crippen molar-refractivity contribution in [3.05, 3.63) is 42.2 Å². The van der Waals surface area contributed by atoms with Crippen molar-refractivity contribution in [3.63, 3.8) is 0 Å². The molecule has 1 amide bonds. The Kier molecular flexibility index (Phi) is 6.54. The molecule has 0 saturated heterocycles. The Morgan fingerprint density at radius 2 is 1.96 bits per heavy atom. The quantitative estimate of drug-likeness (QED) is 0.805. The average Bonchev–Trinajstić information content (AvgIpc) is 2.61. The van der Waals surface area contributed by atoms with Crippen LogP contribution in [0.25, 0.3) is 0 Å². The molecule has 0 atom stereocenters. The molecule has 128 valence electrons. The number of nitrogens with zero attached hydrogens (tertiary/aromatic N) is 3. The lowest BCUT2D eigenvalue weighted by molar-refractivity contribution is 0.102. The summed E-state index contributed by atoms with van der Waals surface area (Å²) in [5.74, 6) is 1.08. The van der Waals surface area contributed by atoms with Crippen LogP contribution >= 0.6 is 0 Å². The number of amides is 1. The first-order valence-electron chi connectivity index (χ1n) is 8.22. The van der Waals surface area contributed by atoms with E-state index in [0.717, 1.165) is 25.1 Å². The molecule has 0 saturated carbocycles. The summed E-state index contributed by atoms with van der Waals surface area (Å²) in [6.07, 6.45) is 3.77. The molecule has 1 aromatic heterocycles. The molecule has 1 N–H and O–H groups in total. The minimum atomic E-state index is -0.258. The monoisotopic (exact) mass is 328 g/mol. The average molecular weight is 328 g/mol. The molecular weight excluding hydrogens is 304 g/mol. The number of rotatable bonds is 8. The van der Waals surface area contributed by atoms with Crippen molar-refractivity contribution in [3.8, 4) is 5.75 Å². The number of nitrogens with one attached hydrogen (secondary N) is 1. The number of benzene rings is 1. The molecule has 6 heteroatoms. The van der Waals surface area contributed by atoms with Crippen LogP contribution in [0.4, 0.5) is 11.6 Å². The summed E-state index contributed by atoms with van der Waals surface area (Å²) in [6.45, 7) is 5.54. The lowest BCUT2D eigenvalue weighted by Crippen LogP contribution is -2.22. The van der Waals surface area contributed by atoms with E-state index in [1.54, 1.807) is 24.4 Å². The van der Waals surface area contributed by atoms with E-state index in [9.17, 15) is 4.79 Å². The molecule has 0 unspecified atom stereocenters. The van der Waals surface area contributed by atoms with E-state index in [4.69, 9.17) is 4.74 Å². The maximum Gasteiger partial charge on any atom is 0.274 e. The zero-order valence-corrected chi connectivity index (χ0v) is 14.5. The summed E-state index contributed by atoms with van der Waals surface area (Å²) >= 11 is 0. The van der Waals surface area contributed by atoms with E-state index in [1.165, 1.54) is 0 Å². The fourth-order valence-corrected chi connectivity index (χ4v) is 2.15. The zero-order chi connectivity index (χ0) is 17.4. The van der Waals surface area contributed by atoms with Crippen molar-refractivity contribution in [2.24, 2.45) is 0 Å². The van der Waals surface area contributed by atoms with Crippen molar-refractivity contribution in [2.75, 3.05) is 30.4 Å². The minimum Gasteiger partial charge on any atom is -0.494 e. The van der Waals surface area contributed by atoms with E-state index >= 15 is 0 Å². The van der Waals surface area contributed by atoms with Crippen LogP contribution in [0.3, 0.4) is 0 Å². The molecule has 1 aromatic carbocycles. The molecule has 6 nitrogen and oxygen atoms in total. The molecule has 0 aliphatic carbocycles. The lowest BCUT2D eigenvalue weighted by atomic mass is 10.3. The van der Waals surface area contributed by atoms with Gasteiger partial charge in [-0.3, -0.25) is 4.79 Å². The Bertz CT molecular complexity index is 658. The van der Waals surface area contributed by atoms with E-state index in [2.05, 4.69) is 22.2 Å². The molecule has 2 aromatic rings. The van der Waals surface area contributed by atoms with Gasteiger partial charge in [0.05, 0.1) is 6.61 Å². The Balaban J connectivity index is 2.03. The molecule has 1 heterocycles. The van der Waals surface area contributed by atoms with Gasteiger partial charge in [0.2, 0.25) is 5.95 Å². The summed E-state index contributed by atoms with van der Waals surface area (Å²) in [4.78, 5) is 22.9. The first-order chi connectivity index (χ1) is 11.6. The van der Waals surface area contributed by atoms with Gasteiger partial charge < -0.3 is 15.0 Å². The fourth-order valence-electron chi connectivity index (χ4n) is 2.15. The van der Waals surface area contributed by atoms with Gasteiger partial charge in [-0.1, -0.05) is 13.3 Å². The van der Waals surface area contributed by atoms with Crippen molar-refractivity contribution in [2.45, 2.75) is 26.7 Å². The summed E-state index contributed by atoms with van der Waals surface area (Å²) in [6, 6.07) is 8.86. The third-order valence-electron chi connectivity index (χ3n) is 3.49. The van der Waals surface area contributed by atoms with Gasteiger partial charge in [-0.2, -0.15) is 0 Å². The number of ether oxygens (including phenoxy) is 1. The minimum absolute atomic E-state index is 0.258. The highest BCUT2D eigenvalue weighted by Gasteiger charge is 2.11. The summed E-state index contributed by atoms with van der Waals surface area (Å²) < 4.78 is 5.39. The molecule has 0 radical (unpaired) electrons. The van der Waals surface area contributed by atoms with Gasteiger partial charge in [0, 0.05) is 25.5 Å². The molecule has 0 fully saturated rings. The van der Waals surface area contributed by atoms with Crippen LogP contribution in [0.1, 0.15) is 37.2 Å². The Hall–Kier alpha value is -2.63. The topological polar surface area (TPSA) is 67.4 Å². The second-order valence-corrected chi connectivity index (χ2v) is 5.43. The van der Waals surface area contributed by atoms with Crippen LogP contribution in [0, 0.1) is 0 Å². The third-order valence-corrected chi connectivity index (χ3v) is 3.49. The predicted octanol–water partition coefficient (Wildman–Crippen LogP) is 3.36. The maximum absolute atomic E-state index is 12.4. The highest BCUT2D eigenvalue weighted by molar-refractivity contribution is 6.02. The first-order valence-corrected chi connectivity index (χ1v) is 8.22. The smallest absolute Gasteiger partial charge is 0.274 e. The molecule has 24 heavy (non-hydrogen) atoms.